The number of aryl methyl sites for hydroxylation is 1. The van der Waals surface area contributed by atoms with E-state index in [0.29, 0.717) is 44.9 Å². The Hall–Kier alpha value is -3.14. The van der Waals surface area contributed by atoms with Gasteiger partial charge in [0.15, 0.2) is 11.4 Å². The lowest BCUT2D eigenvalue weighted by molar-refractivity contribution is 0.413. The van der Waals surface area contributed by atoms with Crippen LogP contribution in [0.25, 0.3) is 22.6 Å². The van der Waals surface area contributed by atoms with Crippen LogP contribution < -0.4 is 11.2 Å². The van der Waals surface area contributed by atoms with Crippen molar-refractivity contribution in [1.82, 2.24) is 24.3 Å². The molecule has 4 heterocycles. The first kappa shape index (κ1) is 20.1. The molecule has 0 amide bonds. The van der Waals surface area contributed by atoms with E-state index in [9.17, 15) is 9.59 Å². The van der Waals surface area contributed by atoms with Crippen LogP contribution >= 0.6 is 11.8 Å². The monoisotopic (exact) mass is 427 g/mol. The lowest BCUT2D eigenvalue weighted by Crippen LogP contribution is -2.38. The molecule has 0 radical (unpaired) electrons. The first-order chi connectivity index (χ1) is 14.2. The molecule has 4 rings (SSSR count). The number of aromatic nitrogens is 5. The molecule has 0 unspecified atom stereocenters. The number of hydrogen-bond donors (Lipinski definition) is 0. The third-order valence-corrected chi connectivity index (χ3v) is 5.63. The highest BCUT2D eigenvalue weighted by atomic mass is 32.2. The molecule has 156 valence electrons. The summed E-state index contributed by atoms with van der Waals surface area (Å²) in [5.41, 5.74) is -0.214. The summed E-state index contributed by atoms with van der Waals surface area (Å²) in [5, 5.41) is 4.89. The average molecular weight is 427 g/mol. The summed E-state index contributed by atoms with van der Waals surface area (Å²) < 4.78 is 13.1. The molecule has 0 N–H and O–H groups in total. The fraction of sp³-hybridized carbons (Fsp3) is 0.350. The molecule has 0 fully saturated rings. The predicted octanol–water partition coefficient (Wildman–Crippen LogP) is 2.87. The van der Waals surface area contributed by atoms with E-state index in [-0.39, 0.29) is 5.41 Å². The molecule has 0 aromatic carbocycles. The van der Waals surface area contributed by atoms with Gasteiger partial charge >= 0.3 is 5.69 Å². The Morgan fingerprint density at radius 3 is 2.53 bits per heavy atom. The van der Waals surface area contributed by atoms with E-state index in [1.807, 2.05) is 20.8 Å². The van der Waals surface area contributed by atoms with Crippen molar-refractivity contribution in [2.24, 2.45) is 14.1 Å². The van der Waals surface area contributed by atoms with Crippen LogP contribution in [-0.4, -0.2) is 24.3 Å². The SMILES string of the molecule is Cn1c(=O)c2c(SCc3cc(-c4ccco4)on3)nc(C(C)(C)C)nc2n(C)c1=O. The minimum absolute atomic E-state index is 0.312. The van der Waals surface area contributed by atoms with Crippen molar-refractivity contribution in [1.29, 1.82) is 0 Å². The van der Waals surface area contributed by atoms with Crippen molar-refractivity contribution in [2.45, 2.75) is 37.0 Å². The van der Waals surface area contributed by atoms with Gasteiger partial charge in [-0.1, -0.05) is 37.7 Å². The molecule has 0 aliphatic heterocycles. The van der Waals surface area contributed by atoms with Crippen molar-refractivity contribution >= 4 is 22.8 Å². The summed E-state index contributed by atoms with van der Waals surface area (Å²) in [7, 11) is 3.05. The van der Waals surface area contributed by atoms with Crippen LogP contribution in [0.1, 0.15) is 32.3 Å². The van der Waals surface area contributed by atoms with Crippen molar-refractivity contribution in [2.75, 3.05) is 0 Å². The zero-order chi connectivity index (χ0) is 21.6. The maximum absolute atomic E-state index is 12.9. The van der Waals surface area contributed by atoms with Crippen molar-refractivity contribution in [3.63, 3.8) is 0 Å². The summed E-state index contributed by atoms with van der Waals surface area (Å²) >= 11 is 1.35. The van der Waals surface area contributed by atoms with E-state index < -0.39 is 11.2 Å². The highest BCUT2D eigenvalue weighted by molar-refractivity contribution is 7.98. The Morgan fingerprint density at radius 1 is 1.10 bits per heavy atom. The van der Waals surface area contributed by atoms with E-state index in [1.54, 1.807) is 31.5 Å². The summed E-state index contributed by atoms with van der Waals surface area (Å²) in [5.74, 6) is 2.09. The number of fused-ring (bicyclic) bond motifs is 1. The molecule has 0 aliphatic rings. The van der Waals surface area contributed by atoms with E-state index in [1.165, 1.54) is 23.4 Å². The Bertz CT molecular complexity index is 1340. The van der Waals surface area contributed by atoms with E-state index in [2.05, 4.69) is 15.1 Å². The van der Waals surface area contributed by atoms with Crippen LogP contribution in [0, 0.1) is 0 Å². The number of nitrogens with zero attached hydrogens (tertiary/aromatic N) is 5. The number of furan rings is 1. The zero-order valence-corrected chi connectivity index (χ0v) is 18.1. The van der Waals surface area contributed by atoms with Gasteiger partial charge in [0.25, 0.3) is 5.56 Å². The molecule has 4 aromatic rings. The molecular formula is C20H21N5O4S. The average Bonchev–Trinajstić information content (AvgIpc) is 3.39. The minimum atomic E-state index is -0.429. The normalized spacial score (nSPS) is 12.0. The molecule has 10 heteroatoms. The second-order valence-electron chi connectivity index (χ2n) is 7.96. The molecule has 4 aromatic heterocycles. The molecule has 0 atom stereocenters. The summed E-state index contributed by atoms with van der Waals surface area (Å²) in [4.78, 5) is 34.5. The minimum Gasteiger partial charge on any atom is -0.461 e. The van der Waals surface area contributed by atoms with Gasteiger partial charge in [-0.3, -0.25) is 13.9 Å². The molecular weight excluding hydrogens is 406 g/mol. The highest BCUT2D eigenvalue weighted by Crippen LogP contribution is 2.30. The maximum Gasteiger partial charge on any atom is 0.332 e. The fourth-order valence-electron chi connectivity index (χ4n) is 2.93. The van der Waals surface area contributed by atoms with Gasteiger partial charge in [0.05, 0.1) is 12.0 Å². The largest absolute Gasteiger partial charge is 0.461 e. The Kier molecular flexibility index (Phi) is 4.89. The highest BCUT2D eigenvalue weighted by Gasteiger charge is 2.24. The molecule has 0 bridgehead atoms. The van der Waals surface area contributed by atoms with Gasteiger partial charge in [-0.2, -0.15) is 0 Å². The van der Waals surface area contributed by atoms with E-state index in [0.717, 1.165) is 4.57 Å². The molecule has 0 saturated heterocycles. The molecule has 30 heavy (non-hydrogen) atoms. The first-order valence-electron chi connectivity index (χ1n) is 9.27. The van der Waals surface area contributed by atoms with Crippen molar-refractivity contribution in [3.05, 3.63) is 56.8 Å². The molecule has 0 saturated carbocycles. The Balaban J connectivity index is 1.79. The summed E-state index contributed by atoms with van der Waals surface area (Å²) in [6.07, 6.45) is 1.56. The van der Waals surface area contributed by atoms with Crippen LogP contribution in [0.2, 0.25) is 0 Å². The van der Waals surface area contributed by atoms with Crippen molar-refractivity contribution in [3.8, 4) is 11.5 Å². The number of hydrogen-bond acceptors (Lipinski definition) is 8. The van der Waals surface area contributed by atoms with Gasteiger partial charge in [0.2, 0.25) is 5.76 Å². The first-order valence-corrected chi connectivity index (χ1v) is 10.3. The Labute approximate surface area is 175 Å². The van der Waals surface area contributed by atoms with Gasteiger partial charge in [-0.25, -0.2) is 14.8 Å². The third kappa shape index (κ3) is 3.47. The third-order valence-electron chi connectivity index (χ3n) is 4.62. The smallest absolute Gasteiger partial charge is 0.332 e. The second kappa shape index (κ2) is 7.28. The number of thioether (sulfide) groups is 1. The maximum atomic E-state index is 12.9. The standard InChI is InChI=1S/C20H21N5O4S/c1-20(2,3)18-21-15-14(17(26)25(5)19(27)24(15)4)16(22-18)30-10-11-9-13(29-23-11)12-7-6-8-28-12/h6-9H,10H2,1-5H3. The summed E-state index contributed by atoms with van der Waals surface area (Å²) in [6, 6.07) is 5.34. The van der Waals surface area contributed by atoms with Crippen LogP contribution in [0.5, 0.6) is 0 Å². The van der Waals surface area contributed by atoms with Gasteiger partial charge in [0, 0.05) is 31.3 Å². The molecule has 0 spiro atoms. The van der Waals surface area contributed by atoms with Crippen LogP contribution in [0.15, 0.2) is 48.0 Å². The topological polar surface area (TPSA) is 109 Å². The predicted molar refractivity (Wildman–Crippen MR) is 112 cm³/mol. The van der Waals surface area contributed by atoms with E-state index >= 15 is 0 Å². The Morgan fingerprint density at radius 2 is 1.87 bits per heavy atom. The molecule has 0 aliphatic carbocycles. The quantitative estimate of drug-likeness (QED) is 0.361. The lowest BCUT2D eigenvalue weighted by Gasteiger charge is -2.19. The van der Waals surface area contributed by atoms with Crippen molar-refractivity contribution < 1.29 is 8.94 Å². The summed E-state index contributed by atoms with van der Waals surface area (Å²) in [6.45, 7) is 5.94. The van der Waals surface area contributed by atoms with Gasteiger partial charge in [0.1, 0.15) is 16.2 Å². The van der Waals surface area contributed by atoms with Gasteiger partial charge in [-0.15, -0.1) is 0 Å². The van der Waals surface area contributed by atoms with Gasteiger partial charge in [-0.05, 0) is 12.1 Å². The zero-order valence-electron chi connectivity index (χ0n) is 17.3. The lowest BCUT2D eigenvalue weighted by atomic mass is 9.96. The second-order valence-corrected chi connectivity index (χ2v) is 8.92. The fourth-order valence-corrected chi connectivity index (χ4v) is 3.82. The van der Waals surface area contributed by atoms with Crippen LogP contribution in [0.3, 0.4) is 0 Å². The van der Waals surface area contributed by atoms with Crippen LogP contribution in [-0.2, 0) is 25.3 Å². The van der Waals surface area contributed by atoms with Gasteiger partial charge < -0.3 is 8.94 Å². The van der Waals surface area contributed by atoms with E-state index in [4.69, 9.17) is 8.94 Å². The molecule has 9 nitrogen and oxygen atoms in total. The number of rotatable bonds is 4. The van der Waals surface area contributed by atoms with Crippen LogP contribution in [0.4, 0.5) is 0 Å².